The van der Waals surface area contributed by atoms with Gasteiger partial charge in [0.15, 0.2) is 0 Å². The van der Waals surface area contributed by atoms with Crippen LogP contribution >= 0.6 is 0 Å². The van der Waals surface area contributed by atoms with Crippen LogP contribution in [-0.2, 0) is 29.0 Å². The first-order valence-electron chi connectivity index (χ1n) is 11.4. The number of rotatable bonds is 10. The van der Waals surface area contributed by atoms with Crippen LogP contribution in [0.25, 0.3) is 11.1 Å². The molecule has 0 saturated carbocycles. The average molecular weight is 463 g/mol. The van der Waals surface area contributed by atoms with Gasteiger partial charge < -0.3 is 24.1 Å². The number of methoxy groups -OCH3 is 2. The van der Waals surface area contributed by atoms with E-state index in [2.05, 4.69) is 24.3 Å². The first-order valence-corrected chi connectivity index (χ1v) is 11.4. The molecule has 0 spiro atoms. The van der Waals surface area contributed by atoms with Gasteiger partial charge in [-0.15, -0.1) is 0 Å². The van der Waals surface area contributed by atoms with E-state index in [1.165, 1.54) is 11.1 Å². The summed E-state index contributed by atoms with van der Waals surface area (Å²) < 4.78 is 23.2. The molecule has 6 nitrogen and oxygen atoms in total. The molecule has 0 unspecified atom stereocenters. The lowest BCUT2D eigenvalue weighted by Crippen LogP contribution is -2.13. The van der Waals surface area contributed by atoms with Crippen LogP contribution in [0, 0.1) is 6.92 Å². The molecule has 178 valence electrons. The summed E-state index contributed by atoms with van der Waals surface area (Å²) in [6.45, 7) is 2.48. The van der Waals surface area contributed by atoms with Gasteiger partial charge in [0.05, 0.1) is 40.0 Å². The van der Waals surface area contributed by atoms with Gasteiger partial charge in [-0.2, -0.15) is 0 Å². The van der Waals surface area contributed by atoms with E-state index in [-0.39, 0.29) is 19.1 Å². The molecule has 0 atom stereocenters. The lowest BCUT2D eigenvalue weighted by molar-refractivity contribution is -0.137. The maximum atomic E-state index is 10.9. The van der Waals surface area contributed by atoms with Gasteiger partial charge in [0.1, 0.15) is 17.2 Å². The zero-order valence-electron chi connectivity index (χ0n) is 19.8. The molecule has 0 aromatic heterocycles. The van der Waals surface area contributed by atoms with E-state index in [0.29, 0.717) is 12.4 Å². The zero-order chi connectivity index (χ0) is 24.1. The smallest absolute Gasteiger partial charge is 0.306 e. The first-order chi connectivity index (χ1) is 16.5. The molecule has 3 aromatic carbocycles. The molecule has 0 aliphatic heterocycles. The lowest BCUT2D eigenvalue weighted by atomic mass is 9.97. The van der Waals surface area contributed by atoms with Crippen LogP contribution in [0.15, 0.2) is 54.6 Å². The summed E-state index contributed by atoms with van der Waals surface area (Å²) in [6, 6.07) is 18.2. The highest BCUT2D eigenvalue weighted by molar-refractivity contribution is 5.72. The quantitative estimate of drug-likeness (QED) is 0.446. The maximum absolute atomic E-state index is 10.9. The monoisotopic (exact) mass is 462 g/mol. The maximum Gasteiger partial charge on any atom is 0.306 e. The normalized spacial score (nSPS) is 12.9. The third kappa shape index (κ3) is 5.34. The molecule has 1 aliphatic carbocycles. The van der Waals surface area contributed by atoms with Crippen molar-refractivity contribution in [1.29, 1.82) is 0 Å². The number of benzene rings is 3. The van der Waals surface area contributed by atoms with E-state index >= 15 is 0 Å². The second kappa shape index (κ2) is 10.6. The molecular formula is C28H30O6. The van der Waals surface area contributed by atoms with Crippen molar-refractivity contribution in [3.63, 3.8) is 0 Å². The van der Waals surface area contributed by atoms with Crippen LogP contribution in [0.2, 0.25) is 0 Å². The van der Waals surface area contributed by atoms with Gasteiger partial charge in [0, 0.05) is 5.56 Å². The summed E-state index contributed by atoms with van der Waals surface area (Å²) >= 11 is 0. The SMILES string of the molecule is COc1cc(-c2ccc(OCCC(=O)O)cc2COC2Cc3ccccc3C2)cc(OC)c1C. The number of hydrogen-bond acceptors (Lipinski definition) is 5. The molecule has 0 radical (unpaired) electrons. The fraction of sp³-hybridized carbons (Fsp3) is 0.321. The number of aliphatic carboxylic acids is 1. The van der Waals surface area contributed by atoms with E-state index in [1.54, 1.807) is 14.2 Å². The van der Waals surface area contributed by atoms with Gasteiger partial charge in [-0.3, -0.25) is 4.79 Å². The Morgan fingerprint density at radius 1 is 0.971 bits per heavy atom. The lowest BCUT2D eigenvalue weighted by Gasteiger charge is -2.18. The predicted octanol–water partition coefficient (Wildman–Crippen LogP) is 5.22. The van der Waals surface area contributed by atoms with Crippen molar-refractivity contribution in [1.82, 2.24) is 0 Å². The topological polar surface area (TPSA) is 74.2 Å². The Morgan fingerprint density at radius 3 is 2.21 bits per heavy atom. The molecule has 0 heterocycles. The third-order valence-corrected chi connectivity index (χ3v) is 6.21. The van der Waals surface area contributed by atoms with Crippen LogP contribution in [0.5, 0.6) is 17.2 Å². The standard InChI is InChI=1S/C28H30O6/c1-18-26(31-2)15-21(16-27(18)32-3)25-9-8-23(33-11-10-28(29)30)14-22(25)17-34-24-12-19-6-4-5-7-20(19)13-24/h4-9,14-16,24H,10-13,17H2,1-3H3,(H,29,30). The van der Waals surface area contributed by atoms with Gasteiger partial charge in [-0.25, -0.2) is 0 Å². The number of carboxylic acids is 1. The van der Waals surface area contributed by atoms with Crippen molar-refractivity contribution >= 4 is 5.97 Å². The van der Waals surface area contributed by atoms with E-state index in [1.807, 2.05) is 37.3 Å². The summed E-state index contributed by atoms with van der Waals surface area (Å²) in [5, 5.41) is 8.92. The van der Waals surface area contributed by atoms with Crippen molar-refractivity contribution in [3.05, 3.63) is 76.9 Å². The summed E-state index contributed by atoms with van der Waals surface area (Å²) in [5.41, 5.74) is 6.50. The molecule has 0 amide bonds. The molecule has 4 rings (SSSR count). The highest BCUT2D eigenvalue weighted by Gasteiger charge is 2.22. The minimum absolute atomic E-state index is 0.0553. The van der Waals surface area contributed by atoms with Gasteiger partial charge in [-0.1, -0.05) is 30.3 Å². The predicted molar refractivity (Wildman–Crippen MR) is 130 cm³/mol. The Kier molecular flexibility index (Phi) is 7.38. The van der Waals surface area contributed by atoms with Crippen molar-refractivity contribution in [3.8, 4) is 28.4 Å². The molecule has 3 aromatic rings. The van der Waals surface area contributed by atoms with Crippen LogP contribution in [0.4, 0.5) is 0 Å². The largest absolute Gasteiger partial charge is 0.496 e. The molecule has 34 heavy (non-hydrogen) atoms. The van der Waals surface area contributed by atoms with Gasteiger partial charge in [0.25, 0.3) is 0 Å². The van der Waals surface area contributed by atoms with E-state index < -0.39 is 5.97 Å². The molecule has 6 heteroatoms. The number of carboxylic acid groups (broad SMARTS) is 1. The Morgan fingerprint density at radius 2 is 1.62 bits per heavy atom. The van der Waals surface area contributed by atoms with E-state index in [0.717, 1.165) is 46.6 Å². The molecule has 0 fully saturated rings. The molecule has 0 saturated heterocycles. The van der Waals surface area contributed by atoms with Crippen molar-refractivity contribution in [2.45, 2.75) is 38.9 Å². The number of ether oxygens (including phenoxy) is 4. The Bertz CT molecular complexity index is 1120. The molecule has 0 bridgehead atoms. The zero-order valence-corrected chi connectivity index (χ0v) is 19.8. The van der Waals surface area contributed by atoms with Gasteiger partial charge in [0.2, 0.25) is 0 Å². The third-order valence-electron chi connectivity index (χ3n) is 6.21. The van der Waals surface area contributed by atoms with E-state index in [9.17, 15) is 4.79 Å². The molecule has 1 N–H and O–H groups in total. The second-order valence-electron chi connectivity index (χ2n) is 8.43. The fourth-order valence-corrected chi connectivity index (χ4v) is 4.40. The van der Waals surface area contributed by atoms with Crippen LogP contribution in [0.3, 0.4) is 0 Å². The Hall–Kier alpha value is -3.51. The van der Waals surface area contributed by atoms with Crippen LogP contribution in [-0.4, -0.2) is 38.0 Å². The summed E-state index contributed by atoms with van der Waals surface area (Å²) in [6.07, 6.45) is 1.85. The van der Waals surface area contributed by atoms with Gasteiger partial charge in [-0.05, 0) is 71.8 Å². The minimum Gasteiger partial charge on any atom is -0.496 e. The van der Waals surface area contributed by atoms with Crippen LogP contribution in [0.1, 0.15) is 28.7 Å². The average Bonchev–Trinajstić information content (AvgIpc) is 3.26. The number of hydrogen-bond donors (Lipinski definition) is 1. The van der Waals surface area contributed by atoms with Crippen LogP contribution < -0.4 is 14.2 Å². The number of carbonyl (C=O) groups is 1. The summed E-state index contributed by atoms with van der Waals surface area (Å²) in [7, 11) is 3.29. The summed E-state index contributed by atoms with van der Waals surface area (Å²) in [5.74, 6) is 1.22. The Labute approximate surface area is 200 Å². The Balaban J connectivity index is 1.61. The van der Waals surface area contributed by atoms with Gasteiger partial charge >= 0.3 is 5.97 Å². The highest BCUT2D eigenvalue weighted by atomic mass is 16.5. The van der Waals surface area contributed by atoms with Crippen molar-refractivity contribution in [2.24, 2.45) is 0 Å². The molecule has 1 aliphatic rings. The first kappa shape index (κ1) is 23.6. The van der Waals surface area contributed by atoms with Crippen molar-refractivity contribution in [2.75, 3.05) is 20.8 Å². The fourth-order valence-electron chi connectivity index (χ4n) is 4.40. The highest BCUT2D eigenvalue weighted by Crippen LogP contribution is 2.37. The summed E-state index contributed by atoms with van der Waals surface area (Å²) in [4.78, 5) is 10.9. The van der Waals surface area contributed by atoms with Crippen molar-refractivity contribution < 1.29 is 28.8 Å². The molecular weight excluding hydrogens is 432 g/mol. The van der Waals surface area contributed by atoms with E-state index in [4.69, 9.17) is 24.1 Å². The minimum atomic E-state index is -0.889. The second-order valence-corrected chi connectivity index (χ2v) is 8.43. The number of fused-ring (bicyclic) bond motifs is 1.